The van der Waals surface area contributed by atoms with Crippen molar-refractivity contribution in [2.45, 2.75) is 68.8 Å². The SMILES string of the molecule is CCCC1(CCc2ccccc2)CC(O)=C(C2(Cc3cccc(NS(=O)(=O)c4ccc(F)cc4)c3)CC2)C(=O)O1. The maximum Gasteiger partial charge on any atom is 0.338 e. The Morgan fingerprint density at radius 2 is 1.65 bits per heavy atom. The standard InChI is InChI=1S/C32H34FNO5S/c1-2-16-32(17-15-23-7-4-3-5-8-23)22-28(35)29(30(36)39-32)31(18-19-31)21-24-9-6-10-26(20-24)34-40(37,38)27-13-11-25(33)12-14-27/h3-14,20,34-35H,2,15-19,21-22H2,1H3. The summed E-state index contributed by atoms with van der Waals surface area (Å²) in [5.41, 5.74) is 1.45. The van der Waals surface area contributed by atoms with Crippen molar-refractivity contribution in [1.29, 1.82) is 0 Å². The largest absolute Gasteiger partial charge is 0.512 e. The number of rotatable bonds is 11. The first-order valence-electron chi connectivity index (χ1n) is 13.7. The Bertz CT molecular complexity index is 1510. The van der Waals surface area contributed by atoms with E-state index in [0.717, 1.165) is 48.9 Å². The number of sulfonamides is 1. The molecule has 0 radical (unpaired) electrons. The third-order valence-electron chi connectivity index (χ3n) is 7.94. The van der Waals surface area contributed by atoms with Crippen molar-refractivity contribution < 1.29 is 27.4 Å². The Labute approximate surface area is 234 Å². The van der Waals surface area contributed by atoms with Crippen LogP contribution in [-0.4, -0.2) is 25.1 Å². The fourth-order valence-electron chi connectivity index (χ4n) is 5.82. The fourth-order valence-corrected chi connectivity index (χ4v) is 6.87. The van der Waals surface area contributed by atoms with Crippen molar-refractivity contribution in [1.82, 2.24) is 0 Å². The quantitative estimate of drug-likeness (QED) is 0.248. The molecule has 1 atom stereocenters. The molecule has 0 saturated heterocycles. The number of anilines is 1. The van der Waals surface area contributed by atoms with Gasteiger partial charge in [0.15, 0.2) is 0 Å². The average molecular weight is 564 g/mol. The second-order valence-electron chi connectivity index (χ2n) is 11.0. The lowest BCUT2D eigenvalue weighted by molar-refractivity contribution is -0.161. The van der Waals surface area contributed by atoms with Gasteiger partial charge in [0.2, 0.25) is 0 Å². The van der Waals surface area contributed by atoms with E-state index in [-0.39, 0.29) is 10.7 Å². The van der Waals surface area contributed by atoms with E-state index in [2.05, 4.69) is 16.9 Å². The number of hydrogen-bond donors (Lipinski definition) is 2. The van der Waals surface area contributed by atoms with Gasteiger partial charge in [0, 0.05) is 17.5 Å². The monoisotopic (exact) mass is 563 g/mol. The van der Waals surface area contributed by atoms with E-state index >= 15 is 0 Å². The Hall–Kier alpha value is -3.65. The van der Waals surface area contributed by atoms with Crippen LogP contribution in [0.4, 0.5) is 10.1 Å². The summed E-state index contributed by atoms with van der Waals surface area (Å²) >= 11 is 0. The summed E-state index contributed by atoms with van der Waals surface area (Å²) in [5.74, 6) is -0.850. The molecule has 0 bridgehead atoms. The Morgan fingerprint density at radius 3 is 2.30 bits per heavy atom. The van der Waals surface area contributed by atoms with Crippen molar-refractivity contribution in [3.8, 4) is 0 Å². The van der Waals surface area contributed by atoms with Gasteiger partial charge in [-0.25, -0.2) is 17.6 Å². The zero-order valence-electron chi connectivity index (χ0n) is 22.5. The molecule has 2 N–H and O–H groups in total. The van der Waals surface area contributed by atoms with Crippen LogP contribution in [0.3, 0.4) is 0 Å². The van der Waals surface area contributed by atoms with Crippen LogP contribution in [0.15, 0.2) is 95.1 Å². The number of benzene rings is 3. The first-order chi connectivity index (χ1) is 19.1. The maximum absolute atomic E-state index is 13.5. The average Bonchev–Trinajstić information content (AvgIpc) is 3.67. The molecule has 3 aromatic carbocycles. The lowest BCUT2D eigenvalue weighted by atomic mass is 9.79. The number of carbonyl (C=O) groups excluding carboxylic acids is 1. The van der Waals surface area contributed by atoms with Gasteiger partial charge in [0.25, 0.3) is 10.0 Å². The normalized spacial score (nSPS) is 20.2. The number of hydrogen-bond acceptors (Lipinski definition) is 5. The van der Waals surface area contributed by atoms with Gasteiger partial charge in [0.05, 0.1) is 10.5 Å². The third-order valence-corrected chi connectivity index (χ3v) is 9.34. The summed E-state index contributed by atoms with van der Waals surface area (Å²) in [5, 5.41) is 11.3. The molecule has 3 aromatic rings. The smallest absolute Gasteiger partial charge is 0.338 e. The van der Waals surface area contributed by atoms with Gasteiger partial charge < -0.3 is 9.84 Å². The molecule has 1 unspecified atom stereocenters. The van der Waals surface area contributed by atoms with Gasteiger partial charge in [-0.1, -0.05) is 55.8 Å². The van der Waals surface area contributed by atoms with E-state index in [1.807, 2.05) is 31.2 Å². The molecule has 5 rings (SSSR count). The number of nitrogens with one attached hydrogen (secondary N) is 1. The van der Waals surface area contributed by atoms with Crippen LogP contribution < -0.4 is 4.72 Å². The molecule has 1 fully saturated rings. The van der Waals surface area contributed by atoms with Crippen LogP contribution in [0.2, 0.25) is 0 Å². The summed E-state index contributed by atoms with van der Waals surface area (Å²) in [6.07, 6.45) is 5.13. The number of aryl methyl sites for hydroxylation is 1. The predicted octanol–water partition coefficient (Wildman–Crippen LogP) is 6.88. The number of carbonyl (C=O) groups is 1. The molecule has 210 valence electrons. The minimum Gasteiger partial charge on any atom is -0.512 e. The number of esters is 1. The Morgan fingerprint density at radius 1 is 0.950 bits per heavy atom. The molecule has 1 aliphatic carbocycles. The number of aliphatic hydroxyl groups excluding tert-OH is 1. The molecular weight excluding hydrogens is 529 g/mol. The number of aliphatic hydroxyl groups is 1. The molecule has 40 heavy (non-hydrogen) atoms. The van der Waals surface area contributed by atoms with Crippen LogP contribution >= 0.6 is 0 Å². The summed E-state index contributed by atoms with van der Waals surface area (Å²) in [4.78, 5) is 13.4. The molecule has 2 aliphatic rings. The second-order valence-corrected chi connectivity index (χ2v) is 12.7. The van der Waals surface area contributed by atoms with E-state index in [4.69, 9.17) is 4.74 Å². The highest BCUT2D eigenvalue weighted by Crippen LogP contribution is 2.57. The van der Waals surface area contributed by atoms with Crippen LogP contribution in [0.25, 0.3) is 0 Å². The second kappa shape index (κ2) is 11.1. The molecule has 0 spiro atoms. The van der Waals surface area contributed by atoms with Gasteiger partial charge in [-0.05, 0) is 86.1 Å². The van der Waals surface area contributed by atoms with Crippen molar-refractivity contribution in [3.63, 3.8) is 0 Å². The van der Waals surface area contributed by atoms with Gasteiger partial charge in [-0.15, -0.1) is 0 Å². The highest BCUT2D eigenvalue weighted by Gasteiger charge is 2.54. The topological polar surface area (TPSA) is 92.7 Å². The molecule has 1 aliphatic heterocycles. The van der Waals surface area contributed by atoms with Gasteiger partial charge >= 0.3 is 5.97 Å². The lowest BCUT2D eigenvalue weighted by Crippen LogP contribution is -2.42. The summed E-state index contributed by atoms with van der Waals surface area (Å²) < 4.78 is 47.5. The minimum absolute atomic E-state index is 0.0409. The molecule has 1 heterocycles. The Balaban J connectivity index is 1.33. The van der Waals surface area contributed by atoms with Crippen LogP contribution in [0.1, 0.15) is 56.6 Å². The lowest BCUT2D eigenvalue weighted by Gasteiger charge is -2.39. The molecule has 0 aromatic heterocycles. The predicted molar refractivity (Wildman–Crippen MR) is 152 cm³/mol. The number of halogens is 1. The maximum atomic E-state index is 13.5. The molecule has 8 heteroatoms. The zero-order chi connectivity index (χ0) is 28.4. The van der Waals surface area contributed by atoms with E-state index in [9.17, 15) is 22.7 Å². The van der Waals surface area contributed by atoms with Gasteiger partial charge in [-0.3, -0.25) is 4.72 Å². The first-order valence-corrected chi connectivity index (χ1v) is 15.2. The molecular formula is C32H34FNO5S. The third kappa shape index (κ3) is 6.07. The number of ether oxygens (including phenoxy) is 1. The molecule has 0 amide bonds. The van der Waals surface area contributed by atoms with E-state index in [1.54, 1.807) is 18.2 Å². The highest BCUT2D eigenvalue weighted by atomic mass is 32.2. The summed E-state index contributed by atoms with van der Waals surface area (Å²) in [6, 6.07) is 21.7. The van der Waals surface area contributed by atoms with Crippen molar-refractivity contribution >= 4 is 21.7 Å². The van der Waals surface area contributed by atoms with Crippen LogP contribution in [0, 0.1) is 11.2 Å². The summed E-state index contributed by atoms with van der Waals surface area (Å²) in [7, 11) is -3.90. The van der Waals surface area contributed by atoms with Crippen molar-refractivity contribution in [2.75, 3.05) is 4.72 Å². The van der Waals surface area contributed by atoms with Crippen LogP contribution in [-0.2, 0) is 32.4 Å². The Kier molecular flexibility index (Phi) is 7.73. The fraction of sp³-hybridized carbons (Fsp3) is 0.344. The van der Waals surface area contributed by atoms with E-state index in [1.165, 1.54) is 12.1 Å². The molecule has 1 saturated carbocycles. The van der Waals surface area contributed by atoms with E-state index < -0.39 is 32.8 Å². The van der Waals surface area contributed by atoms with Gasteiger partial charge in [0.1, 0.15) is 17.2 Å². The zero-order valence-corrected chi connectivity index (χ0v) is 23.3. The highest BCUT2D eigenvalue weighted by molar-refractivity contribution is 7.92. The number of cyclic esters (lactones) is 1. The summed E-state index contributed by atoms with van der Waals surface area (Å²) in [6.45, 7) is 2.05. The van der Waals surface area contributed by atoms with Gasteiger partial charge in [-0.2, -0.15) is 0 Å². The van der Waals surface area contributed by atoms with Crippen molar-refractivity contribution in [3.05, 3.63) is 107 Å². The van der Waals surface area contributed by atoms with Crippen LogP contribution in [0.5, 0.6) is 0 Å². The van der Waals surface area contributed by atoms with E-state index in [0.29, 0.717) is 36.9 Å². The first kappa shape index (κ1) is 27.9. The van der Waals surface area contributed by atoms with Crippen molar-refractivity contribution in [2.24, 2.45) is 5.41 Å². The molecule has 6 nitrogen and oxygen atoms in total. The minimum atomic E-state index is -3.90.